The number of hydrogen-bond donors (Lipinski definition) is 1. The molecule has 1 heterocycles. The minimum absolute atomic E-state index is 0.0304. The molecule has 0 aliphatic heterocycles. The molecule has 0 aliphatic rings. The zero-order valence-corrected chi connectivity index (χ0v) is 11.3. The van der Waals surface area contributed by atoms with Gasteiger partial charge in [0.1, 0.15) is 0 Å². The van der Waals surface area contributed by atoms with Crippen molar-refractivity contribution in [2.45, 2.75) is 11.1 Å². The van der Waals surface area contributed by atoms with Crippen molar-refractivity contribution in [2.75, 3.05) is 13.7 Å². The van der Waals surface area contributed by atoms with Gasteiger partial charge < -0.3 is 4.74 Å². The van der Waals surface area contributed by atoms with E-state index in [9.17, 15) is 13.2 Å². The Bertz CT molecular complexity index is 573. The van der Waals surface area contributed by atoms with E-state index in [4.69, 9.17) is 5.26 Å². The normalized spacial score (nSPS) is 12.7. The highest BCUT2D eigenvalue weighted by atomic mass is 32.2. The van der Waals surface area contributed by atoms with E-state index in [0.29, 0.717) is 0 Å². The van der Waals surface area contributed by atoms with Gasteiger partial charge in [-0.3, -0.25) is 0 Å². The fourth-order valence-electron chi connectivity index (χ4n) is 1.00. The van der Waals surface area contributed by atoms with Gasteiger partial charge in [0, 0.05) is 6.54 Å². The van der Waals surface area contributed by atoms with Crippen molar-refractivity contribution in [2.24, 2.45) is 5.92 Å². The number of rotatable bonds is 5. The third-order valence-electron chi connectivity index (χ3n) is 1.96. The lowest BCUT2D eigenvalue weighted by molar-refractivity contribution is 0.0590. The molecule has 7 nitrogen and oxygen atoms in total. The van der Waals surface area contributed by atoms with Crippen LogP contribution in [0.1, 0.15) is 17.4 Å². The summed E-state index contributed by atoms with van der Waals surface area (Å²) >= 11 is 0.814. The van der Waals surface area contributed by atoms with Gasteiger partial charge >= 0.3 is 5.97 Å². The third-order valence-corrected chi connectivity index (χ3v) is 4.75. The Labute approximate surface area is 108 Å². The molecule has 1 aromatic heterocycles. The number of esters is 1. The maximum atomic E-state index is 11.9. The molecule has 1 aromatic rings. The van der Waals surface area contributed by atoms with E-state index >= 15 is 0 Å². The van der Waals surface area contributed by atoms with Crippen LogP contribution < -0.4 is 4.72 Å². The number of carbonyl (C=O) groups excluding carboxylic acids is 1. The number of nitrogens with zero attached hydrogens (tertiary/aromatic N) is 2. The first-order chi connectivity index (χ1) is 8.42. The van der Waals surface area contributed by atoms with Crippen molar-refractivity contribution in [1.29, 1.82) is 5.26 Å². The maximum Gasteiger partial charge on any atom is 0.358 e. The molecule has 1 atom stereocenters. The predicted octanol–water partition coefficient (Wildman–Crippen LogP) is 0.368. The lowest BCUT2D eigenvalue weighted by Gasteiger charge is -2.06. The molecule has 0 bridgehead atoms. The molecule has 9 heteroatoms. The van der Waals surface area contributed by atoms with Gasteiger partial charge in [0.05, 0.1) is 24.6 Å². The standard InChI is InChI=1S/C9H11N3O4S2/c1-6(3-10)4-12-18(14,15)9-7(8(13)16-2)11-5-17-9/h5-6,12H,4H2,1-2H3. The topological polar surface area (TPSA) is 109 Å². The Kier molecular flexibility index (Phi) is 4.77. The van der Waals surface area contributed by atoms with Crippen molar-refractivity contribution < 1.29 is 17.9 Å². The molecule has 0 saturated heterocycles. The second kappa shape index (κ2) is 5.90. The van der Waals surface area contributed by atoms with Crippen molar-refractivity contribution in [1.82, 2.24) is 9.71 Å². The summed E-state index contributed by atoms with van der Waals surface area (Å²) in [5.74, 6) is -1.28. The minimum Gasteiger partial charge on any atom is -0.464 e. The second-order valence-corrected chi connectivity index (χ2v) is 6.18. The minimum atomic E-state index is -3.85. The number of thiazole rings is 1. The van der Waals surface area contributed by atoms with Crippen LogP contribution in [-0.2, 0) is 14.8 Å². The second-order valence-electron chi connectivity index (χ2n) is 3.36. The first-order valence-electron chi connectivity index (χ1n) is 4.83. The number of ether oxygens (including phenoxy) is 1. The van der Waals surface area contributed by atoms with Crippen LogP contribution in [0.15, 0.2) is 9.72 Å². The molecule has 0 saturated carbocycles. The van der Waals surface area contributed by atoms with Crippen molar-refractivity contribution in [3.05, 3.63) is 11.2 Å². The van der Waals surface area contributed by atoms with Gasteiger partial charge in [0.25, 0.3) is 10.0 Å². The molecule has 0 amide bonds. The summed E-state index contributed by atoms with van der Waals surface area (Å²) in [5, 5.41) is 8.57. The lowest BCUT2D eigenvalue weighted by Crippen LogP contribution is -2.28. The molecular formula is C9H11N3O4S2. The highest BCUT2D eigenvalue weighted by Crippen LogP contribution is 2.20. The molecule has 0 radical (unpaired) electrons. The van der Waals surface area contributed by atoms with E-state index in [-0.39, 0.29) is 16.4 Å². The monoisotopic (exact) mass is 289 g/mol. The van der Waals surface area contributed by atoms with E-state index in [1.807, 2.05) is 6.07 Å². The summed E-state index contributed by atoms with van der Waals surface area (Å²) < 4.78 is 30.3. The first-order valence-corrected chi connectivity index (χ1v) is 7.19. The summed E-state index contributed by atoms with van der Waals surface area (Å²) in [6.07, 6.45) is 0. The van der Waals surface area contributed by atoms with Crippen LogP contribution in [-0.4, -0.2) is 33.0 Å². The van der Waals surface area contributed by atoms with E-state index in [2.05, 4.69) is 14.4 Å². The number of nitriles is 1. The van der Waals surface area contributed by atoms with E-state index in [1.165, 1.54) is 5.51 Å². The van der Waals surface area contributed by atoms with E-state index in [0.717, 1.165) is 18.4 Å². The summed E-state index contributed by atoms with van der Waals surface area (Å²) in [4.78, 5) is 15.0. The Morgan fingerprint density at radius 1 is 1.72 bits per heavy atom. The van der Waals surface area contributed by atoms with Gasteiger partial charge in [-0.15, -0.1) is 11.3 Å². The average molecular weight is 289 g/mol. The van der Waals surface area contributed by atoms with Gasteiger partial charge in [-0.25, -0.2) is 22.9 Å². The summed E-state index contributed by atoms with van der Waals surface area (Å²) in [5.41, 5.74) is 0.994. The Morgan fingerprint density at radius 2 is 2.39 bits per heavy atom. The first kappa shape index (κ1) is 14.6. The molecule has 18 heavy (non-hydrogen) atoms. The molecule has 98 valence electrons. The van der Waals surface area contributed by atoms with Crippen molar-refractivity contribution in [3.63, 3.8) is 0 Å². The van der Waals surface area contributed by atoms with Crippen LogP contribution in [0.25, 0.3) is 0 Å². The van der Waals surface area contributed by atoms with Crippen LogP contribution >= 0.6 is 11.3 Å². The average Bonchev–Trinajstić information content (AvgIpc) is 2.85. The predicted molar refractivity (Wildman–Crippen MR) is 63.4 cm³/mol. The highest BCUT2D eigenvalue weighted by molar-refractivity contribution is 7.91. The number of sulfonamides is 1. The third kappa shape index (κ3) is 3.25. The zero-order chi connectivity index (χ0) is 13.8. The van der Waals surface area contributed by atoms with Gasteiger partial charge in [-0.05, 0) is 6.92 Å². The van der Waals surface area contributed by atoms with Crippen LogP contribution in [0.2, 0.25) is 0 Å². The molecule has 0 spiro atoms. The van der Waals surface area contributed by atoms with Gasteiger partial charge in [0.2, 0.25) is 0 Å². The number of nitrogens with one attached hydrogen (secondary N) is 1. The smallest absolute Gasteiger partial charge is 0.358 e. The molecular weight excluding hydrogens is 278 g/mol. The summed E-state index contributed by atoms with van der Waals surface area (Å²) in [6, 6.07) is 1.90. The van der Waals surface area contributed by atoms with Crippen molar-refractivity contribution >= 4 is 27.3 Å². The quantitative estimate of drug-likeness (QED) is 0.784. The molecule has 0 aliphatic carbocycles. The Balaban J connectivity index is 2.96. The molecule has 0 aromatic carbocycles. The largest absolute Gasteiger partial charge is 0.464 e. The van der Waals surface area contributed by atoms with Gasteiger partial charge in [-0.1, -0.05) is 0 Å². The lowest BCUT2D eigenvalue weighted by atomic mass is 10.2. The zero-order valence-electron chi connectivity index (χ0n) is 9.71. The van der Waals surface area contributed by atoms with Crippen LogP contribution in [0.3, 0.4) is 0 Å². The molecule has 1 unspecified atom stereocenters. The highest BCUT2D eigenvalue weighted by Gasteiger charge is 2.26. The number of carbonyl (C=O) groups is 1. The number of methoxy groups -OCH3 is 1. The molecule has 1 N–H and O–H groups in total. The van der Waals surface area contributed by atoms with Crippen LogP contribution in [0, 0.1) is 17.2 Å². The van der Waals surface area contributed by atoms with Crippen molar-refractivity contribution in [3.8, 4) is 6.07 Å². The number of aromatic nitrogens is 1. The number of hydrogen-bond acceptors (Lipinski definition) is 7. The molecule has 1 rings (SSSR count). The van der Waals surface area contributed by atoms with Crippen LogP contribution in [0.4, 0.5) is 0 Å². The van der Waals surface area contributed by atoms with Gasteiger partial charge in [0.15, 0.2) is 9.90 Å². The summed E-state index contributed by atoms with van der Waals surface area (Å²) in [6.45, 7) is 1.55. The Morgan fingerprint density at radius 3 is 2.94 bits per heavy atom. The maximum absolute atomic E-state index is 11.9. The molecule has 0 fully saturated rings. The Hall–Kier alpha value is -1.50. The fourth-order valence-corrected chi connectivity index (χ4v) is 3.31. The van der Waals surface area contributed by atoms with E-state index in [1.54, 1.807) is 6.92 Å². The van der Waals surface area contributed by atoms with E-state index < -0.39 is 21.9 Å². The summed E-state index contributed by atoms with van der Waals surface area (Å²) in [7, 11) is -2.71. The van der Waals surface area contributed by atoms with Gasteiger partial charge in [-0.2, -0.15) is 5.26 Å². The fraction of sp³-hybridized carbons (Fsp3) is 0.444. The SMILES string of the molecule is COC(=O)c1ncsc1S(=O)(=O)NCC(C)C#N. The van der Waals surface area contributed by atoms with Crippen LogP contribution in [0.5, 0.6) is 0 Å².